The molecule has 1 heterocycles. The summed E-state index contributed by atoms with van der Waals surface area (Å²) in [6.07, 6.45) is -5.32. The van der Waals surface area contributed by atoms with Crippen LogP contribution in [-0.4, -0.2) is 34.6 Å². The van der Waals surface area contributed by atoms with Gasteiger partial charge in [-0.15, -0.1) is 0 Å². The molecule has 6 nitrogen and oxygen atoms in total. The Kier molecular flexibility index (Phi) is 5.82. The molecule has 3 rings (SSSR count). The lowest BCUT2D eigenvalue weighted by atomic mass is 10.0. The number of nitrogens with one attached hydrogen (secondary N) is 2. The molecule has 2 aromatic rings. The largest absolute Gasteiger partial charge is 0.440 e. The molecule has 2 N–H and O–H groups in total. The molecule has 0 spiro atoms. The monoisotopic (exact) mass is 419 g/mol. The van der Waals surface area contributed by atoms with E-state index in [9.17, 15) is 27.6 Å². The van der Waals surface area contributed by atoms with Gasteiger partial charge < -0.3 is 5.32 Å². The molecule has 1 saturated heterocycles. The van der Waals surface area contributed by atoms with E-state index >= 15 is 0 Å². The Labute approximate surface area is 171 Å². The molecule has 0 saturated carbocycles. The molecule has 1 aliphatic rings. The predicted octanol–water partition coefficient (Wildman–Crippen LogP) is 3.31. The number of amides is 4. The maximum absolute atomic E-state index is 13.9. The lowest BCUT2D eigenvalue weighted by molar-refractivity contribution is -0.204. The topological polar surface area (TPSA) is 78.5 Å². The number of alkyl halides is 3. The maximum Gasteiger partial charge on any atom is 0.440 e. The third kappa shape index (κ3) is 4.00. The molecule has 158 valence electrons. The van der Waals surface area contributed by atoms with Crippen molar-refractivity contribution in [1.82, 2.24) is 15.5 Å². The van der Waals surface area contributed by atoms with E-state index in [4.69, 9.17) is 0 Å². The van der Waals surface area contributed by atoms with Crippen molar-refractivity contribution in [2.45, 2.75) is 37.6 Å². The van der Waals surface area contributed by atoms with Crippen molar-refractivity contribution in [2.75, 3.05) is 0 Å². The van der Waals surface area contributed by atoms with Gasteiger partial charge in [0.25, 0.3) is 11.6 Å². The van der Waals surface area contributed by atoms with Gasteiger partial charge in [0, 0.05) is 6.42 Å². The van der Waals surface area contributed by atoms with Gasteiger partial charge in [-0.1, -0.05) is 60.7 Å². The van der Waals surface area contributed by atoms with Gasteiger partial charge in [-0.2, -0.15) is 13.2 Å². The van der Waals surface area contributed by atoms with Gasteiger partial charge in [0.1, 0.15) is 0 Å². The van der Waals surface area contributed by atoms with E-state index in [-0.39, 0.29) is 12.8 Å². The number of benzene rings is 2. The van der Waals surface area contributed by atoms with Crippen molar-refractivity contribution in [3.05, 3.63) is 71.8 Å². The van der Waals surface area contributed by atoms with Crippen molar-refractivity contribution < 1.29 is 27.6 Å². The first-order valence-electron chi connectivity index (χ1n) is 9.28. The third-order valence-corrected chi connectivity index (χ3v) is 4.96. The van der Waals surface area contributed by atoms with Crippen LogP contribution in [0.1, 0.15) is 30.5 Å². The smallest absolute Gasteiger partial charge is 0.318 e. The van der Waals surface area contributed by atoms with Crippen LogP contribution in [0.3, 0.4) is 0 Å². The van der Waals surface area contributed by atoms with Gasteiger partial charge in [0.2, 0.25) is 5.91 Å². The van der Waals surface area contributed by atoms with Gasteiger partial charge in [-0.05, 0) is 24.5 Å². The van der Waals surface area contributed by atoms with Crippen molar-refractivity contribution in [1.29, 1.82) is 0 Å². The fraction of sp³-hybridized carbons (Fsp3) is 0.286. The van der Waals surface area contributed by atoms with Gasteiger partial charge in [0.15, 0.2) is 0 Å². The van der Waals surface area contributed by atoms with Crippen LogP contribution in [0, 0.1) is 0 Å². The van der Waals surface area contributed by atoms with E-state index in [1.807, 2.05) is 0 Å². The molecule has 1 fully saturated rings. The average molecular weight is 419 g/mol. The summed E-state index contributed by atoms with van der Waals surface area (Å²) in [6, 6.07) is 14.7. The summed E-state index contributed by atoms with van der Waals surface area (Å²) >= 11 is 0. The Morgan fingerprint density at radius 3 is 2.20 bits per heavy atom. The van der Waals surface area contributed by atoms with E-state index in [1.54, 1.807) is 71.3 Å². The number of halogens is 3. The minimum Gasteiger partial charge on any atom is -0.318 e. The van der Waals surface area contributed by atoms with Crippen LogP contribution in [0.5, 0.6) is 0 Å². The third-order valence-electron chi connectivity index (χ3n) is 4.96. The number of hydrogen-bond donors (Lipinski definition) is 2. The summed E-state index contributed by atoms with van der Waals surface area (Å²) in [5.41, 5.74) is -2.26. The number of aryl methyl sites for hydroxylation is 1. The summed E-state index contributed by atoms with van der Waals surface area (Å²) in [6.45, 7) is 1.44. The van der Waals surface area contributed by atoms with Gasteiger partial charge in [-0.25, -0.2) is 4.79 Å². The molecular weight excluding hydrogens is 399 g/mol. The summed E-state index contributed by atoms with van der Waals surface area (Å²) in [5, 5.41) is 3.40. The first kappa shape index (κ1) is 21.4. The van der Waals surface area contributed by atoms with Crippen LogP contribution >= 0.6 is 0 Å². The standard InChI is InChI=1S/C21H20F3N3O3/c1-14(16-10-6-3-7-11-16)27-18(29)20(21(22,23)24,26-19(27)30)25-17(28)13-12-15-8-4-2-5-9-15/h2-11,14H,12-13H2,1H3,(H,25,28)(H,26,30)/t14-,20-/m1/s1. The zero-order valence-electron chi connectivity index (χ0n) is 16.1. The number of urea groups is 1. The highest BCUT2D eigenvalue weighted by Crippen LogP contribution is 2.37. The molecule has 1 aliphatic heterocycles. The van der Waals surface area contributed by atoms with Crippen LogP contribution in [0.2, 0.25) is 0 Å². The normalized spacial score (nSPS) is 20.1. The van der Waals surface area contributed by atoms with Crippen molar-refractivity contribution in [3.8, 4) is 0 Å². The molecule has 2 atom stereocenters. The van der Waals surface area contributed by atoms with Crippen LogP contribution in [0.25, 0.3) is 0 Å². The van der Waals surface area contributed by atoms with Gasteiger partial charge in [0.05, 0.1) is 6.04 Å². The Hall–Kier alpha value is -3.36. The average Bonchev–Trinajstić information content (AvgIpc) is 2.97. The molecule has 2 aromatic carbocycles. The van der Waals surface area contributed by atoms with Gasteiger partial charge in [-0.3, -0.25) is 19.8 Å². The summed E-state index contributed by atoms with van der Waals surface area (Å²) < 4.78 is 41.8. The molecular formula is C21H20F3N3O3. The number of rotatable bonds is 6. The van der Waals surface area contributed by atoms with E-state index in [1.165, 1.54) is 6.92 Å². The SMILES string of the molecule is C[C@H](c1ccccc1)N1C(=O)N[C@@](NC(=O)CCc2ccccc2)(C(F)(F)F)C1=O. The molecule has 30 heavy (non-hydrogen) atoms. The number of nitrogens with zero attached hydrogens (tertiary/aromatic N) is 1. The summed E-state index contributed by atoms with van der Waals surface area (Å²) in [5.74, 6) is -2.57. The number of hydrogen-bond acceptors (Lipinski definition) is 3. The van der Waals surface area contributed by atoms with E-state index < -0.39 is 35.7 Å². The predicted molar refractivity (Wildman–Crippen MR) is 102 cm³/mol. The number of carbonyl (C=O) groups excluding carboxylic acids is 3. The highest BCUT2D eigenvalue weighted by molar-refractivity contribution is 6.09. The molecule has 4 amide bonds. The number of carbonyl (C=O) groups is 3. The fourth-order valence-electron chi connectivity index (χ4n) is 3.30. The Morgan fingerprint density at radius 2 is 1.63 bits per heavy atom. The highest BCUT2D eigenvalue weighted by Gasteiger charge is 2.69. The van der Waals surface area contributed by atoms with Crippen LogP contribution in [0.15, 0.2) is 60.7 Å². The summed E-state index contributed by atoms with van der Waals surface area (Å²) in [7, 11) is 0. The first-order chi connectivity index (χ1) is 14.2. The Morgan fingerprint density at radius 1 is 1.07 bits per heavy atom. The zero-order chi connectivity index (χ0) is 21.9. The highest BCUT2D eigenvalue weighted by atomic mass is 19.4. The molecule has 0 unspecified atom stereocenters. The van der Waals surface area contributed by atoms with E-state index in [2.05, 4.69) is 0 Å². The summed E-state index contributed by atoms with van der Waals surface area (Å²) in [4.78, 5) is 38.0. The van der Waals surface area contributed by atoms with Crippen molar-refractivity contribution in [3.63, 3.8) is 0 Å². The van der Waals surface area contributed by atoms with Crippen molar-refractivity contribution in [2.24, 2.45) is 0 Å². The fourth-order valence-corrected chi connectivity index (χ4v) is 3.30. The second-order valence-electron chi connectivity index (χ2n) is 6.97. The Bertz CT molecular complexity index is 935. The minimum atomic E-state index is -5.23. The maximum atomic E-state index is 13.9. The lowest BCUT2D eigenvalue weighted by Gasteiger charge is -2.30. The van der Waals surface area contributed by atoms with Crippen LogP contribution in [-0.2, 0) is 16.0 Å². The number of imide groups is 1. The van der Waals surface area contributed by atoms with Crippen LogP contribution < -0.4 is 10.6 Å². The quantitative estimate of drug-likeness (QED) is 0.706. The van der Waals surface area contributed by atoms with Crippen LogP contribution in [0.4, 0.5) is 18.0 Å². The van der Waals surface area contributed by atoms with Crippen molar-refractivity contribution >= 4 is 17.8 Å². The minimum absolute atomic E-state index is 0.187. The molecule has 0 bridgehead atoms. The van der Waals surface area contributed by atoms with Gasteiger partial charge >= 0.3 is 12.2 Å². The van der Waals surface area contributed by atoms with E-state index in [0.29, 0.717) is 10.5 Å². The molecule has 0 aliphatic carbocycles. The van der Waals surface area contributed by atoms with E-state index in [0.717, 1.165) is 5.56 Å². The lowest BCUT2D eigenvalue weighted by Crippen LogP contribution is -2.69. The second-order valence-corrected chi connectivity index (χ2v) is 6.97. The molecule has 9 heteroatoms. The second kappa shape index (κ2) is 8.17. The zero-order valence-corrected chi connectivity index (χ0v) is 16.1. The first-order valence-corrected chi connectivity index (χ1v) is 9.28. The molecule has 0 aromatic heterocycles. The molecule has 0 radical (unpaired) electrons. The Balaban J connectivity index is 1.82.